The van der Waals surface area contributed by atoms with Crippen molar-refractivity contribution in [2.45, 2.75) is 19.4 Å². The van der Waals surface area contributed by atoms with E-state index < -0.39 is 0 Å². The summed E-state index contributed by atoms with van der Waals surface area (Å²) in [7, 11) is 1.61. The van der Waals surface area contributed by atoms with Crippen molar-refractivity contribution in [3.05, 3.63) is 29.8 Å². The van der Waals surface area contributed by atoms with Crippen molar-refractivity contribution in [3.8, 4) is 6.07 Å². The van der Waals surface area contributed by atoms with Gasteiger partial charge in [-0.1, -0.05) is 0 Å². The van der Waals surface area contributed by atoms with Crippen LogP contribution in [0.25, 0.3) is 0 Å². The second-order valence-electron chi connectivity index (χ2n) is 4.12. The number of hydrogen-bond donors (Lipinski definition) is 1. The number of hydrogen-bond acceptors (Lipinski definition) is 4. The van der Waals surface area contributed by atoms with Crippen LogP contribution < -0.4 is 5.32 Å². The van der Waals surface area contributed by atoms with Crippen molar-refractivity contribution < 1.29 is 14.3 Å². The van der Waals surface area contributed by atoms with E-state index in [1.807, 2.05) is 13.0 Å². The molecule has 0 aliphatic rings. The molecule has 0 heterocycles. The molecule has 0 radical (unpaired) electrons. The summed E-state index contributed by atoms with van der Waals surface area (Å²) in [5, 5.41) is 11.4. The molecular weight excluding hydrogens is 244 g/mol. The Morgan fingerprint density at radius 3 is 2.68 bits per heavy atom. The predicted molar refractivity (Wildman–Crippen MR) is 71.7 cm³/mol. The lowest BCUT2D eigenvalue weighted by Gasteiger charge is -2.11. The summed E-state index contributed by atoms with van der Waals surface area (Å²) < 4.78 is 10.3. The lowest BCUT2D eigenvalue weighted by Crippen LogP contribution is -2.19. The molecule has 1 aromatic rings. The van der Waals surface area contributed by atoms with Crippen LogP contribution >= 0.6 is 0 Å². The molecule has 102 valence electrons. The van der Waals surface area contributed by atoms with Crippen LogP contribution in [0, 0.1) is 11.3 Å². The first-order valence-electron chi connectivity index (χ1n) is 6.06. The van der Waals surface area contributed by atoms with Gasteiger partial charge in [0.1, 0.15) is 0 Å². The van der Waals surface area contributed by atoms with Crippen LogP contribution in [-0.4, -0.2) is 32.3 Å². The summed E-state index contributed by atoms with van der Waals surface area (Å²) in [6, 6.07) is 8.74. The van der Waals surface area contributed by atoms with Crippen molar-refractivity contribution in [3.63, 3.8) is 0 Å². The third-order valence-electron chi connectivity index (χ3n) is 2.43. The number of carbonyl (C=O) groups excluding carboxylic acids is 1. The Morgan fingerprint density at radius 2 is 2.11 bits per heavy atom. The minimum Gasteiger partial charge on any atom is -0.382 e. The third-order valence-corrected chi connectivity index (χ3v) is 2.43. The number of rotatable bonds is 7. The number of anilines is 1. The molecule has 0 aromatic heterocycles. The smallest absolute Gasteiger partial charge is 0.226 e. The van der Waals surface area contributed by atoms with Gasteiger partial charge in [-0.3, -0.25) is 4.79 Å². The molecular formula is C14H18N2O3. The van der Waals surface area contributed by atoms with Crippen molar-refractivity contribution in [1.82, 2.24) is 0 Å². The van der Waals surface area contributed by atoms with Gasteiger partial charge in [0, 0.05) is 12.8 Å². The van der Waals surface area contributed by atoms with E-state index in [2.05, 4.69) is 5.32 Å². The number of benzene rings is 1. The highest BCUT2D eigenvalue weighted by molar-refractivity contribution is 5.90. The number of ether oxygens (including phenoxy) is 2. The predicted octanol–water partition coefficient (Wildman–Crippen LogP) is 1.94. The van der Waals surface area contributed by atoms with Gasteiger partial charge >= 0.3 is 0 Å². The average Bonchev–Trinajstić information content (AvgIpc) is 2.40. The monoisotopic (exact) mass is 262 g/mol. The van der Waals surface area contributed by atoms with Crippen molar-refractivity contribution >= 4 is 11.6 Å². The molecule has 0 saturated carbocycles. The number of nitrogens with one attached hydrogen (secondary N) is 1. The summed E-state index contributed by atoms with van der Waals surface area (Å²) in [5.74, 6) is -0.116. The molecule has 5 nitrogen and oxygen atoms in total. The maximum absolute atomic E-state index is 11.6. The largest absolute Gasteiger partial charge is 0.382 e. The fourth-order valence-electron chi connectivity index (χ4n) is 1.49. The fraction of sp³-hybridized carbons (Fsp3) is 0.429. The number of nitriles is 1. The summed E-state index contributed by atoms with van der Waals surface area (Å²) in [5.41, 5.74) is 1.24. The molecule has 1 rings (SSSR count). The van der Waals surface area contributed by atoms with E-state index in [9.17, 15) is 4.79 Å². The van der Waals surface area contributed by atoms with Crippen LogP contribution in [-0.2, 0) is 14.3 Å². The minimum absolute atomic E-state index is 0.0206. The second kappa shape index (κ2) is 8.25. The Labute approximate surface area is 113 Å². The van der Waals surface area contributed by atoms with Crippen molar-refractivity contribution in [2.75, 3.05) is 25.6 Å². The molecule has 0 bridgehead atoms. The zero-order valence-electron chi connectivity index (χ0n) is 11.2. The highest BCUT2D eigenvalue weighted by Crippen LogP contribution is 2.09. The first kappa shape index (κ1) is 15.2. The van der Waals surface area contributed by atoms with Crippen LogP contribution in [0.1, 0.15) is 18.9 Å². The molecule has 5 heteroatoms. The Morgan fingerprint density at radius 1 is 1.42 bits per heavy atom. The summed E-state index contributed by atoms with van der Waals surface area (Å²) >= 11 is 0. The Bertz CT molecular complexity index is 437. The second-order valence-corrected chi connectivity index (χ2v) is 4.12. The van der Waals surface area contributed by atoms with E-state index in [0.717, 1.165) is 0 Å². The summed E-state index contributed by atoms with van der Waals surface area (Å²) in [6.45, 7) is 2.76. The Balaban J connectivity index is 2.29. The molecule has 19 heavy (non-hydrogen) atoms. The molecule has 1 N–H and O–H groups in total. The van der Waals surface area contributed by atoms with Gasteiger partial charge in [0.15, 0.2) is 0 Å². The molecule has 1 aromatic carbocycles. The van der Waals surface area contributed by atoms with E-state index in [0.29, 0.717) is 24.5 Å². The maximum atomic E-state index is 11.6. The van der Waals surface area contributed by atoms with E-state index in [1.165, 1.54) is 0 Å². The topological polar surface area (TPSA) is 71.3 Å². The van der Waals surface area contributed by atoms with Gasteiger partial charge in [-0.15, -0.1) is 0 Å². The number of methoxy groups -OCH3 is 1. The van der Waals surface area contributed by atoms with E-state index in [1.54, 1.807) is 31.4 Å². The van der Waals surface area contributed by atoms with Gasteiger partial charge in [-0.05, 0) is 31.2 Å². The molecule has 1 amide bonds. The van der Waals surface area contributed by atoms with Gasteiger partial charge in [0.25, 0.3) is 0 Å². The Kier molecular flexibility index (Phi) is 6.58. The van der Waals surface area contributed by atoms with Gasteiger partial charge in [0.2, 0.25) is 5.91 Å². The number of carbonyl (C=O) groups is 1. The van der Waals surface area contributed by atoms with Crippen LogP contribution in [0.15, 0.2) is 24.3 Å². The highest BCUT2D eigenvalue weighted by Gasteiger charge is 2.05. The standard InChI is InChI=1S/C14H18N2O3/c1-11(10-18-2)19-8-7-14(17)16-13-5-3-12(9-15)4-6-13/h3-6,11H,7-8,10H2,1-2H3,(H,16,17). The SMILES string of the molecule is COCC(C)OCCC(=O)Nc1ccc(C#N)cc1. The van der Waals surface area contributed by atoms with Crippen molar-refractivity contribution in [2.24, 2.45) is 0 Å². The zero-order valence-corrected chi connectivity index (χ0v) is 11.2. The van der Waals surface area contributed by atoms with Gasteiger partial charge in [0.05, 0.1) is 37.4 Å². The Hall–Kier alpha value is -1.90. The fourth-order valence-corrected chi connectivity index (χ4v) is 1.49. The molecule has 0 spiro atoms. The van der Waals surface area contributed by atoms with E-state index in [-0.39, 0.29) is 18.4 Å². The van der Waals surface area contributed by atoms with Crippen LogP contribution in [0.2, 0.25) is 0 Å². The zero-order chi connectivity index (χ0) is 14.1. The molecule has 0 fully saturated rings. The third kappa shape index (κ3) is 6.00. The quantitative estimate of drug-likeness (QED) is 0.815. The van der Waals surface area contributed by atoms with Gasteiger partial charge in [-0.2, -0.15) is 5.26 Å². The normalized spacial score (nSPS) is 11.6. The number of nitrogens with zero attached hydrogens (tertiary/aromatic N) is 1. The van der Waals surface area contributed by atoms with E-state index in [4.69, 9.17) is 14.7 Å². The average molecular weight is 262 g/mol. The van der Waals surface area contributed by atoms with Crippen LogP contribution in [0.3, 0.4) is 0 Å². The molecule has 1 atom stereocenters. The summed E-state index contributed by atoms with van der Waals surface area (Å²) in [4.78, 5) is 11.6. The van der Waals surface area contributed by atoms with Gasteiger partial charge in [-0.25, -0.2) is 0 Å². The molecule has 0 saturated heterocycles. The van der Waals surface area contributed by atoms with Crippen molar-refractivity contribution in [1.29, 1.82) is 5.26 Å². The summed E-state index contributed by atoms with van der Waals surface area (Å²) in [6.07, 6.45) is 0.265. The van der Waals surface area contributed by atoms with Crippen LogP contribution in [0.4, 0.5) is 5.69 Å². The first-order chi connectivity index (χ1) is 9.15. The molecule has 0 aliphatic carbocycles. The maximum Gasteiger partial charge on any atom is 0.226 e. The minimum atomic E-state index is -0.116. The lowest BCUT2D eigenvalue weighted by atomic mass is 10.2. The first-order valence-corrected chi connectivity index (χ1v) is 6.06. The highest BCUT2D eigenvalue weighted by atomic mass is 16.5. The lowest BCUT2D eigenvalue weighted by molar-refractivity contribution is -0.117. The van der Waals surface area contributed by atoms with Gasteiger partial charge < -0.3 is 14.8 Å². The van der Waals surface area contributed by atoms with E-state index >= 15 is 0 Å². The number of amides is 1. The molecule has 0 aliphatic heterocycles. The molecule has 1 unspecified atom stereocenters. The van der Waals surface area contributed by atoms with Crippen LogP contribution in [0.5, 0.6) is 0 Å².